The van der Waals surface area contributed by atoms with Gasteiger partial charge in [-0.25, -0.2) is 4.99 Å². The molecular weight excluding hydrogens is 300 g/mol. The number of hydrazine groups is 1. The molecule has 116 valence electrons. The Bertz CT molecular complexity index is 608. The minimum Gasteiger partial charge on any atom is -0.350 e. The molecule has 0 aromatic heterocycles. The van der Waals surface area contributed by atoms with E-state index < -0.39 is 0 Å². The third-order valence-corrected chi connectivity index (χ3v) is 4.07. The minimum absolute atomic E-state index is 0.0510. The van der Waals surface area contributed by atoms with Crippen LogP contribution in [-0.4, -0.2) is 29.5 Å². The first-order valence-corrected chi connectivity index (χ1v) is 7.91. The molecule has 1 aliphatic carbocycles. The van der Waals surface area contributed by atoms with E-state index in [0.717, 1.165) is 24.2 Å². The van der Waals surface area contributed by atoms with Crippen LogP contribution in [0.25, 0.3) is 0 Å². The molecule has 2 aliphatic rings. The lowest BCUT2D eigenvalue weighted by Crippen LogP contribution is -2.34. The first kappa shape index (κ1) is 14.9. The van der Waals surface area contributed by atoms with E-state index in [4.69, 9.17) is 11.6 Å². The highest BCUT2D eigenvalue weighted by Gasteiger charge is 2.17. The molecule has 1 aromatic carbocycles. The van der Waals surface area contributed by atoms with Gasteiger partial charge in [0, 0.05) is 28.9 Å². The number of aliphatic imine (C=N–C) groups is 1. The number of nitrogens with zero attached hydrogens (tertiary/aromatic N) is 2. The summed E-state index contributed by atoms with van der Waals surface area (Å²) in [5.41, 5.74) is 4.07. The van der Waals surface area contributed by atoms with Crippen LogP contribution in [0, 0.1) is 0 Å². The zero-order valence-electron chi connectivity index (χ0n) is 12.3. The Balaban J connectivity index is 1.51. The molecule has 0 unspecified atom stereocenters. The van der Waals surface area contributed by atoms with Crippen LogP contribution < -0.4 is 10.7 Å². The van der Waals surface area contributed by atoms with Crippen molar-refractivity contribution in [2.24, 2.45) is 4.99 Å². The summed E-state index contributed by atoms with van der Waals surface area (Å²) in [6.07, 6.45) is 7.85. The fourth-order valence-corrected chi connectivity index (χ4v) is 2.90. The van der Waals surface area contributed by atoms with Gasteiger partial charge in [-0.05, 0) is 25.0 Å². The molecule has 1 amide bonds. The van der Waals surface area contributed by atoms with E-state index >= 15 is 0 Å². The Hall–Kier alpha value is -2.01. The topological polar surface area (TPSA) is 56.7 Å². The van der Waals surface area contributed by atoms with Gasteiger partial charge in [0.15, 0.2) is 0 Å². The van der Waals surface area contributed by atoms with Crippen LogP contribution in [0.5, 0.6) is 0 Å². The highest BCUT2D eigenvalue weighted by atomic mass is 35.5. The predicted octanol–water partition coefficient (Wildman–Crippen LogP) is 2.44. The van der Waals surface area contributed by atoms with E-state index in [9.17, 15) is 4.79 Å². The van der Waals surface area contributed by atoms with Crippen molar-refractivity contribution < 1.29 is 4.79 Å². The monoisotopic (exact) mass is 318 g/mol. The largest absolute Gasteiger partial charge is 0.350 e. The maximum Gasteiger partial charge on any atom is 0.245 e. The molecule has 22 heavy (non-hydrogen) atoms. The van der Waals surface area contributed by atoms with Crippen molar-refractivity contribution in [1.29, 1.82) is 0 Å². The number of hydrogen-bond acceptors (Lipinski definition) is 4. The molecule has 0 spiro atoms. The zero-order valence-corrected chi connectivity index (χ0v) is 13.0. The quantitative estimate of drug-likeness (QED) is 0.838. The molecule has 1 heterocycles. The summed E-state index contributed by atoms with van der Waals surface area (Å²) in [7, 11) is 0. The standard InChI is InChI=1S/C16H19ClN4O/c17-13-5-3-4-12(10-13)16-18-11-21(20-16)9-8-15(22)19-14-6-1-2-7-14/h3-5,8-10,14H,1-2,6-7,11H2,(H,18,20)(H,19,22)/b9-8-. The van der Waals surface area contributed by atoms with Crippen LogP contribution in [0.2, 0.25) is 5.02 Å². The number of nitrogens with one attached hydrogen (secondary N) is 2. The molecule has 0 atom stereocenters. The average Bonchev–Trinajstić information content (AvgIpc) is 3.16. The number of rotatable bonds is 4. The summed E-state index contributed by atoms with van der Waals surface area (Å²) >= 11 is 5.98. The normalized spacial score (nSPS) is 18.6. The summed E-state index contributed by atoms with van der Waals surface area (Å²) in [5.74, 6) is 0.702. The van der Waals surface area contributed by atoms with E-state index in [2.05, 4.69) is 15.7 Å². The molecule has 1 aromatic rings. The first-order valence-electron chi connectivity index (χ1n) is 7.53. The summed E-state index contributed by atoms with van der Waals surface area (Å²) in [4.78, 5) is 16.2. The molecule has 1 aliphatic heterocycles. The molecule has 0 saturated heterocycles. The van der Waals surface area contributed by atoms with Crippen molar-refractivity contribution in [3.63, 3.8) is 0 Å². The maximum atomic E-state index is 11.8. The Morgan fingerprint density at radius 1 is 1.41 bits per heavy atom. The number of carbonyl (C=O) groups excluding carboxylic acids is 1. The smallest absolute Gasteiger partial charge is 0.245 e. The Morgan fingerprint density at radius 2 is 2.23 bits per heavy atom. The second-order valence-corrected chi connectivity index (χ2v) is 5.98. The van der Waals surface area contributed by atoms with Crippen LogP contribution in [-0.2, 0) is 4.79 Å². The van der Waals surface area contributed by atoms with Gasteiger partial charge in [0.05, 0.1) is 0 Å². The van der Waals surface area contributed by atoms with E-state index in [0.29, 0.717) is 17.7 Å². The van der Waals surface area contributed by atoms with Crippen molar-refractivity contribution in [3.05, 3.63) is 47.1 Å². The number of amides is 1. The van der Waals surface area contributed by atoms with Gasteiger partial charge < -0.3 is 5.32 Å². The van der Waals surface area contributed by atoms with E-state index in [-0.39, 0.29) is 5.91 Å². The van der Waals surface area contributed by atoms with Gasteiger partial charge in [-0.3, -0.25) is 15.2 Å². The van der Waals surface area contributed by atoms with Gasteiger partial charge in [0.25, 0.3) is 0 Å². The number of amidine groups is 1. The second kappa shape index (κ2) is 6.83. The number of halogens is 1. The lowest BCUT2D eigenvalue weighted by Gasteiger charge is -2.14. The average molecular weight is 319 g/mol. The predicted molar refractivity (Wildman–Crippen MR) is 87.4 cm³/mol. The van der Waals surface area contributed by atoms with Crippen molar-refractivity contribution in [2.45, 2.75) is 31.7 Å². The molecule has 0 radical (unpaired) electrons. The molecular formula is C16H19ClN4O. The van der Waals surface area contributed by atoms with Gasteiger partial charge in [-0.1, -0.05) is 36.6 Å². The number of carbonyl (C=O) groups is 1. The molecule has 2 N–H and O–H groups in total. The summed E-state index contributed by atoms with van der Waals surface area (Å²) in [5, 5.41) is 5.46. The molecule has 1 saturated carbocycles. The van der Waals surface area contributed by atoms with Gasteiger partial charge in [0.2, 0.25) is 5.91 Å². The zero-order chi connectivity index (χ0) is 15.4. The second-order valence-electron chi connectivity index (χ2n) is 5.55. The Morgan fingerprint density at radius 3 is 3.00 bits per heavy atom. The number of benzene rings is 1. The SMILES string of the molecule is O=C(/C=C\N1CN=C(c2cccc(Cl)c2)N1)NC1CCCC1. The van der Waals surface area contributed by atoms with Crippen LogP contribution in [0.15, 0.2) is 41.5 Å². The third-order valence-electron chi connectivity index (χ3n) is 3.84. The molecule has 5 nitrogen and oxygen atoms in total. The van der Waals surface area contributed by atoms with Crippen LogP contribution in [0.3, 0.4) is 0 Å². The van der Waals surface area contributed by atoms with Gasteiger partial charge in [-0.2, -0.15) is 0 Å². The van der Waals surface area contributed by atoms with Crippen molar-refractivity contribution in [2.75, 3.05) is 6.67 Å². The first-order chi connectivity index (χ1) is 10.7. The van der Waals surface area contributed by atoms with Crippen molar-refractivity contribution >= 4 is 23.3 Å². The third kappa shape index (κ3) is 3.80. The lowest BCUT2D eigenvalue weighted by atomic mass is 10.2. The van der Waals surface area contributed by atoms with E-state index in [1.165, 1.54) is 12.8 Å². The van der Waals surface area contributed by atoms with Gasteiger partial charge in [-0.15, -0.1) is 0 Å². The van der Waals surface area contributed by atoms with Crippen LogP contribution in [0.4, 0.5) is 0 Å². The number of hydrogen-bond donors (Lipinski definition) is 2. The summed E-state index contributed by atoms with van der Waals surface area (Å²) < 4.78 is 0. The Labute approximate surface area is 135 Å². The van der Waals surface area contributed by atoms with Crippen LogP contribution in [0.1, 0.15) is 31.2 Å². The van der Waals surface area contributed by atoms with Gasteiger partial charge in [0.1, 0.15) is 12.5 Å². The highest BCUT2D eigenvalue weighted by molar-refractivity contribution is 6.31. The summed E-state index contributed by atoms with van der Waals surface area (Å²) in [6.45, 7) is 0.467. The van der Waals surface area contributed by atoms with Crippen LogP contribution >= 0.6 is 11.6 Å². The molecule has 0 bridgehead atoms. The molecule has 3 rings (SSSR count). The molecule has 6 heteroatoms. The summed E-state index contributed by atoms with van der Waals surface area (Å²) in [6, 6.07) is 7.84. The fraction of sp³-hybridized carbons (Fsp3) is 0.375. The maximum absolute atomic E-state index is 11.8. The minimum atomic E-state index is -0.0510. The van der Waals surface area contributed by atoms with Crippen molar-refractivity contribution in [3.8, 4) is 0 Å². The molecule has 1 fully saturated rings. The van der Waals surface area contributed by atoms with E-state index in [1.807, 2.05) is 24.3 Å². The Kier molecular flexibility index (Phi) is 4.63. The van der Waals surface area contributed by atoms with Crippen molar-refractivity contribution in [1.82, 2.24) is 15.8 Å². The lowest BCUT2D eigenvalue weighted by molar-refractivity contribution is -0.117. The highest BCUT2D eigenvalue weighted by Crippen LogP contribution is 2.17. The fourth-order valence-electron chi connectivity index (χ4n) is 2.71. The van der Waals surface area contributed by atoms with Gasteiger partial charge >= 0.3 is 0 Å². The van der Waals surface area contributed by atoms with E-state index in [1.54, 1.807) is 17.3 Å².